The summed E-state index contributed by atoms with van der Waals surface area (Å²) in [4.78, 5) is 0. The Bertz CT molecular complexity index is 502. The highest BCUT2D eigenvalue weighted by molar-refractivity contribution is 9.10. The maximum absolute atomic E-state index is 6.03. The van der Waals surface area contributed by atoms with E-state index in [9.17, 15) is 0 Å². The highest BCUT2D eigenvalue weighted by Gasteiger charge is 2.55. The molecule has 0 aliphatic heterocycles. The minimum absolute atomic E-state index is 0.341. The fourth-order valence-corrected chi connectivity index (χ4v) is 4.86. The third-order valence-corrected chi connectivity index (χ3v) is 6.09. The van der Waals surface area contributed by atoms with Gasteiger partial charge in [0.05, 0.1) is 6.10 Å². The minimum atomic E-state index is 0.341. The zero-order valence-corrected chi connectivity index (χ0v) is 14.8. The zero-order valence-electron chi connectivity index (χ0n) is 12.5. The van der Waals surface area contributed by atoms with Crippen molar-refractivity contribution in [3.05, 3.63) is 27.7 Å². The molecule has 2 saturated carbocycles. The van der Waals surface area contributed by atoms with Gasteiger partial charge < -0.3 is 10.1 Å². The Balaban J connectivity index is 1.75. The van der Waals surface area contributed by atoms with Crippen LogP contribution in [0.2, 0.25) is 5.02 Å². The van der Waals surface area contributed by atoms with Crippen molar-refractivity contribution in [2.45, 2.75) is 57.6 Å². The molecule has 1 spiro atoms. The van der Waals surface area contributed by atoms with Crippen LogP contribution < -0.4 is 5.32 Å². The average molecular weight is 373 g/mol. The van der Waals surface area contributed by atoms with E-state index in [1.807, 2.05) is 12.1 Å². The highest BCUT2D eigenvalue weighted by Crippen LogP contribution is 2.54. The van der Waals surface area contributed by atoms with Gasteiger partial charge in [0.1, 0.15) is 0 Å². The quantitative estimate of drug-likeness (QED) is 0.738. The van der Waals surface area contributed by atoms with Crippen molar-refractivity contribution in [1.82, 2.24) is 0 Å². The van der Waals surface area contributed by atoms with Crippen molar-refractivity contribution in [2.24, 2.45) is 5.41 Å². The monoisotopic (exact) mass is 371 g/mol. The van der Waals surface area contributed by atoms with Gasteiger partial charge in [0.2, 0.25) is 0 Å². The van der Waals surface area contributed by atoms with Gasteiger partial charge in [0.25, 0.3) is 0 Å². The molecule has 2 aliphatic carbocycles. The van der Waals surface area contributed by atoms with E-state index in [1.165, 1.54) is 32.1 Å². The number of halogens is 2. The van der Waals surface area contributed by atoms with Crippen molar-refractivity contribution >= 4 is 33.2 Å². The molecular formula is C17H23BrClNO. The molecule has 1 aromatic rings. The van der Waals surface area contributed by atoms with Crippen LogP contribution in [0.3, 0.4) is 0 Å². The lowest BCUT2D eigenvalue weighted by Crippen LogP contribution is -2.62. The molecule has 1 N–H and O–H groups in total. The largest absolute Gasteiger partial charge is 0.381 e. The standard InChI is InChI=1S/C17H23BrClNO/c1-2-21-16-11-15(17(16)8-4-3-5-9-17)20-14-7-6-12(19)10-13(14)18/h6-7,10,15-16,20H,2-5,8-9,11H2,1H3. The average Bonchev–Trinajstić information content (AvgIpc) is 2.49. The summed E-state index contributed by atoms with van der Waals surface area (Å²) in [6, 6.07) is 6.49. The van der Waals surface area contributed by atoms with E-state index in [2.05, 4.69) is 34.2 Å². The predicted molar refractivity (Wildman–Crippen MR) is 92.1 cm³/mol. The van der Waals surface area contributed by atoms with Crippen LogP contribution in [0.1, 0.15) is 45.4 Å². The third-order valence-electron chi connectivity index (χ3n) is 5.20. The number of rotatable bonds is 4. The van der Waals surface area contributed by atoms with Crippen molar-refractivity contribution < 1.29 is 4.74 Å². The molecule has 1 aromatic carbocycles. The second kappa shape index (κ2) is 6.47. The van der Waals surface area contributed by atoms with E-state index >= 15 is 0 Å². The summed E-state index contributed by atoms with van der Waals surface area (Å²) < 4.78 is 7.06. The summed E-state index contributed by atoms with van der Waals surface area (Å²) >= 11 is 9.64. The van der Waals surface area contributed by atoms with Gasteiger partial charge >= 0.3 is 0 Å². The Kier molecular flexibility index (Phi) is 4.82. The SMILES string of the molecule is CCOC1CC(Nc2ccc(Cl)cc2Br)C12CCCCC2. The Morgan fingerprint density at radius 1 is 1.33 bits per heavy atom. The fourth-order valence-electron chi connectivity index (χ4n) is 4.06. The van der Waals surface area contributed by atoms with Crippen LogP contribution in [0, 0.1) is 5.41 Å². The first-order valence-corrected chi connectivity index (χ1v) is 9.16. The molecule has 0 aromatic heterocycles. The van der Waals surface area contributed by atoms with Gasteiger partial charge in [-0.3, -0.25) is 0 Å². The van der Waals surface area contributed by atoms with Gasteiger partial charge in [-0.15, -0.1) is 0 Å². The van der Waals surface area contributed by atoms with E-state index in [0.29, 0.717) is 17.6 Å². The molecule has 21 heavy (non-hydrogen) atoms. The lowest BCUT2D eigenvalue weighted by molar-refractivity contribution is -0.134. The van der Waals surface area contributed by atoms with Crippen molar-refractivity contribution in [2.75, 3.05) is 11.9 Å². The first-order valence-electron chi connectivity index (χ1n) is 7.99. The summed E-state index contributed by atoms with van der Waals surface area (Å²) in [6.45, 7) is 2.93. The van der Waals surface area contributed by atoms with Crippen LogP contribution in [0.5, 0.6) is 0 Å². The first-order chi connectivity index (χ1) is 10.2. The lowest BCUT2D eigenvalue weighted by Gasteiger charge is -2.58. The Morgan fingerprint density at radius 3 is 2.76 bits per heavy atom. The van der Waals surface area contributed by atoms with Crippen molar-refractivity contribution in [1.29, 1.82) is 0 Å². The number of hydrogen-bond donors (Lipinski definition) is 1. The highest BCUT2D eigenvalue weighted by atomic mass is 79.9. The van der Waals surface area contributed by atoms with Crippen LogP contribution in [0.15, 0.2) is 22.7 Å². The number of benzene rings is 1. The van der Waals surface area contributed by atoms with Crippen molar-refractivity contribution in [3.63, 3.8) is 0 Å². The van der Waals surface area contributed by atoms with Gasteiger partial charge in [-0.2, -0.15) is 0 Å². The smallest absolute Gasteiger partial charge is 0.0670 e. The van der Waals surface area contributed by atoms with Crippen LogP contribution in [0.4, 0.5) is 5.69 Å². The van der Waals surface area contributed by atoms with E-state index in [1.54, 1.807) is 0 Å². The molecule has 4 heteroatoms. The number of ether oxygens (including phenoxy) is 1. The predicted octanol–water partition coefficient (Wildman–Crippen LogP) is 5.64. The number of hydrogen-bond acceptors (Lipinski definition) is 2. The van der Waals surface area contributed by atoms with Crippen molar-refractivity contribution in [3.8, 4) is 0 Å². The molecule has 0 radical (unpaired) electrons. The molecule has 0 bridgehead atoms. The molecule has 116 valence electrons. The van der Waals surface area contributed by atoms with Crippen LogP contribution in [-0.4, -0.2) is 18.8 Å². The fraction of sp³-hybridized carbons (Fsp3) is 0.647. The van der Waals surface area contributed by atoms with E-state index in [0.717, 1.165) is 28.2 Å². The van der Waals surface area contributed by atoms with Gasteiger partial charge in [-0.25, -0.2) is 0 Å². The lowest BCUT2D eigenvalue weighted by atomic mass is 9.55. The second-order valence-corrected chi connectivity index (χ2v) is 7.59. The number of anilines is 1. The van der Waals surface area contributed by atoms with Crippen LogP contribution in [0.25, 0.3) is 0 Å². The molecule has 2 unspecified atom stereocenters. The van der Waals surface area contributed by atoms with Gasteiger partial charge in [-0.05, 0) is 60.3 Å². The second-order valence-electron chi connectivity index (χ2n) is 6.29. The number of nitrogens with one attached hydrogen (secondary N) is 1. The molecule has 0 amide bonds. The van der Waals surface area contributed by atoms with E-state index < -0.39 is 0 Å². The Hall–Kier alpha value is -0.250. The molecule has 2 aliphatic rings. The zero-order chi connectivity index (χ0) is 14.9. The van der Waals surface area contributed by atoms with Gasteiger partial charge in [0, 0.05) is 33.2 Å². The normalized spacial score (nSPS) is 27.4. The van der Waals surface area contributed by atoms with Crippen LogP contribution in [-0.2, 0) is 4.74 Å². The third kappa shape index (κ3) is 2.97. The Labute approximate surface area is 140 Å². The Morgan fingerprint density at radius 2 is 2.10 bits per heavy atom. The summed E-state index contributed by atoms with van der Waals surface area (Å²) in [5.41, 5.74) is 1.48. The van der Waals surface area contributed by atoms with Crippen LogP contribution >= 0.6 is 27.5 Å². The van der Waals surface area contributed by atoms with E-state index in [-0.39, 0.29) is 0 Å². The molecule has 3 rings (SSSR count). The minimum Gasteiger partial charge on any atom is -0.381 e. The summed E-state index contributed by atoms with van der Waals surface area (Å²) in [6.07, 6.45) is 8.18. The van der Waals surface area contributed by atoms with Gasteiger partial charge in [0.15, 0.2) is 0 Å². The topological polar surface area (TPSA) is 21.3 Å². The molecule has 0 heterocycles. The molecule has 0 saturated heterocycles. The summed E-state index contributed by atoms with van der Waals surface area (Å²) in [5.74, 6) is 0. The maximum Gasteiger partial charge on any atom is 0.0670 e. The van der Waals surface area contributed by atoms with E-state index in [4.69, 9.17) is 16.3 Å². The maximum atomic E-state index is 6.03. The summed E-state index contributed by atoms with van der Waals surface area (Å²) in [7, 11) is 0. The van der Waals surface area contributed by atoms with Gasteiger partial charge in [-0.1, -0.05) is 30.9 Å². The molecule has 2 nitrogen and oxygen atoms in total. The molecule has 2 atom stereocenters. The first kappa shape index (κ1) is 15.6. The molecule has 2 fully saturated rings. The summed E-state index contributed by atoms with van der Waals surface area (Å²) in [5, 5.41) is 4.50. The molecular weight excluding hydrogens is 350 g/mol.